The third-order valence-corrected chi connectivity index (χ3v) is 3.36. The van der Waals surface area contributed by atoms with E-state index in [4.69, 9.17) is 10.5 Å². The van der Waals surface area contributed by atoms with E-state index in [2.05, 4.69) is 20.9 Å². The zero-order valence-corrected chi connectivity index (χ0v) is 11.1. The van der Waals surface area contributed by atoms with Crippen molar-refractivity contribution in [2.45, 2.75) is 13.5 Å². The van der Waals surface area contributed by atoms with Gasteiger partial charge in [0.25, 0.3) is 0 Å². The van der Waals surface area contributed by atoms with Crippen LogP contribution in [0, 0.1) is 6.92 Å². The third-order valence-electron chi connectivity index (χ3n) is 2.51. The summed E-state index contributed by atoms with van der Waals surface area (Å²) in [6.07, 6.45) is 3.72. The van der Waals surface area contributed by atoms with Crippen LogP contribution in [0.15, 0.2) is 35.1 Å². The third kappa shape index (κ3) is 2.79. The van der Waals surface area contributed by atoms with E-state index in [1.807, 2.05) is 35.9 Å². The predicted octanol–water partition coefficient (Wildman–Crippen LogP) is 2.62. The van der Waals surface area contributed by atoms with Crippen molar-refractivity contribution in [3.63, 3.8) is 0 Å². The lowest BCUT2D eigenvalue weighted by Gasteiger charge is -2.10. The number of ether oxygens (including phenoxy) is 1. The summed E-state index contributed by atoms with van der Waals surface area (Å²) in [7, 11) is 0. The van der Waals surface area contributed by atoms with Crippen LogP contribution in [0.2, 0.25) is 0 Å². The Morgan fingerprint density at radius 1 is 1.47 bits per heavy atom. The number of aryl methyl sites for hydroxylation is 1. The van der Waals surface area contributed by atoms with Gasteiger partial charge in [0.15, 0.2) is 0 Å². The topological polar surface area (TPSA) is 53.1 Å². The first-order chi connectivity index (χ1) is 8.18. The van der Waals surface area contributed by atoms with Gasteiger partial charge in [0.2, 0.25) is 0 Å². The van der Waals surface area contributed by atoms with E-state index < -0.39 is 0 Å². The summed E-state index contributed by atoms with van der Waals surface area (Å²) in [4.78, 5) is 4.15. The zero-order chi connectivity index (χ0) is 12.3. The molecule has 1 heterocycles. The molecule has 0 atom stereocenters. The Kier molecular flexibility index (Phi) is 3.68. The van der Waals surface area contributed by atoms with Crippen LogP contribution in [0.4, 0.5) is 5.69 Å². The van der Waals surface area contributed by atoms with Crippen molar-refractivity contribution in [1.29, 1.82) is 0 Å². The molecular weight excluding hydrogens is 282 g/mol. The van der Waals surface area contributed by atoms with E-state index in [0.29, 0.717) is 12.3 Å². The van der Waals surface area contributed by atoms with Crippen LogP contribution in [0.1, 0.15) is 5.82 Å². The summed E-state index contributed by atoms with van der Waals surface area (Å²) in [5, 5.41) is 0. The summed E-state index contributed by atoms with van der Waals surface area (Å²) >= 11 is 3.40. The Hall–Kier alpha value is -1.49. The van der Waals surface area contributed by atoms with Crippen LogP contribution in [-0.4, -0.2) is 16.2 Å². The molecule has 5 heteroatoms. The van der Waals surface area contributed by atoms with E-state index in [1.54, 1.807) is 6.20 Å². The van der Waals surface area contributed by atoms with Crippen LogP contribution in [0.5, 0.6) is 5.75 Å². The Morgan fingerprint density at radius 2 is 2.29 bits per heavy atom. The van der Waals surface area contributed by atoms with E-state index >= 15 is 0 Å². The van der Waals surface area contributed by atoms with Crippen molar-refractivity contribution in [2.24, 2.45) is 0 Å². The minimum Gasteiger partial charge on any atom is -0.490 e. The van der Waals surface area contributed by atoms with Crippen molar-refractivity contribution in [2.75, 3.05) is 12.3 Å². The van der Waals surface area contributed by atoms with E-state index in [0.717, 1.165) is 22.6 Å². The van der Waals surface area contributed by atoms with Crippen molar-refractivity contribution in [1.82, 2.24) is 9.55 Å². The predicted molar refractivity (Wildman–Crippen MR) is 71.0 cm³/mol. The van der Waals surface area contributed by atoms with Gasteiger partial charge in [-0.05, 0) is 35.0 Å². The number of hydrogen-bond acceptors (Lipinski definition) is 3. The first-order valence-electron chi connectivity index (χ1n) is 5.33. The summed E-state index contributed by atoms with van der Waals surface area (Å²) in [5.74, 6) is 1.75. The molecular formula is C12H14BrN3O. The molecule has 17 heavy (non-hydrogen) atoms. The molecule has 1 aromatic heterocycles. The number of nitrogens with two attached hydrogens (primary N) is 1. The van der Waals surface area contributed by atoms with Gasteiger partial charge in [0.05, 0.1) is 11.0 Å². The first-order valence-corrected chi connectivity index (χ1v) is 6.12. The SMILES string of the molecule is Cc1nccn1CCOc1cccc(N)c1Br. The molecule has 2 rings (SSSR count). The van der Waals surface area contributed by atoms with Gasteiger partial charge in [0.1, 0.15) is 18.2 Å². The number of nitrogen functional groups attached to an aromatic ring is 1. The number of hydrogen-bond donors (Lipinski definition) is 1. The summed E-state index contributed by atoms with van der Waals surface area (Å²) in [6, 6.07) is 5.59. The van der Waals surface area contributed by atoms with Crippen molar-refractivity contribution in [3.8, 4) is 5.75 Å². The zero-order valence-electron chi connectivity index (χ0n) is 9.56. The number of halogens is 1. The fraction of sp³-hybridized carbons (Fsp3) is 0.250. The Balaban J connectivity index is 1.95. The van der Waals surface area contributed by atoms with Gasteiger partial charge < -0.3 is 15.0 Å². The Labute approximate surface area is 109 Å². The van der Waals surface area contributed by atoms with Crippen LogP contribution in [0.25, 0.3) is 0 Å². The summed E-state index contributed by atoms with van der Waals surface area (Å²) in [6.45, 7) is 3.32. The lowest BCUT2D eigenvalue weighted by molar-refractivity contribution is 0.295. The second-order valence-corrected chi connectivity index (χ2v) is 4.47. The molecule has 0 aliphatic heterocycles. The summed E-state index contributed by atoms with van der Waals surface area (Å²) < 4.78 is 8.52. The second kappa shape index (κ2) is 5.23. The van der Waals surface area contributed by atoms with Gasteiger partial charge in [-0.15, -0.1) is 0 Å². The molecule has 0 bridgehead atoms. The fourth-order valence-electron chi connectivity index (χ4n) is 1.53. The molecule has 4 nitrogen and oxygen atoms in total. The minimum atomic E-state index is 0.583. The number of anilines is 1. The van der Waals surface area contributed by atoms with Gasteiger partial charge in [-0.3, -0.25) is 0 Å². The Bertz CT molecular complexity index is 510. The van der Waals surface area contributed by atoms with Gasteiger partial charge in [0, 0.05) is 18.1 Å². The number of benzene rings is 1. The minimum absolute atomic E-state index is 0.583. The van der Waals surface area contributed by atoms with Crippen LogP contribution < -0.4 is 10.5 Å². The van der Waals surface area contributed by atoms with Gasteiger partial charge in [-0.1, -0.05) is 6.07 Å². The highest BCUT2D eigenvalue weighted by Crippen LogP contribution is 2.30. The normalized spacial score (nSPS) is 10.5. The molecule has 90 valence electrons. The quantitative estimate of drug-likeness (QED) is 0.882. The molecule has 0 unspecified atom stereocenters. The second-order valence-electron chi connectivity index (χ2n) is 3.68. The van der Waals surface area contributed by atoms with Crippen molar-refractivity contribution in [3.05, 3.63) is 40.9 Å². The molecule has 0 radical (unpaired) electrons. The van der Waals surface area contributed by atoms with Crippen LogP contribution in [-0.2, 0) is 6.54 Å². The van der Waals surface area contributed by atoms with Gasteiger partial charge in [-0.2, -0.15) is 0 Å². The van der Waals surface area contributed by atoms with Gasteiger partial charge >= 0.3 is 0 Å². The van der Waals surface area contributed by atoms with Crippen molar-refractivity contribution < 1.29 is 4.74 Å². The molecule has 2 aromatic rings. The first kappa shape index (κ1) is 12.0. The molecule has 0 saturated heterocycles. The average Bonchev–Trinajstić information content (AvgIpc) is 2.71. The molecule has 0 spiro atoms. The maximum absolute atomic E-state index is 5.77. The van der Waals surface area contributed by atoms with E-state index in [1.165, 1.54) is 0 Å². The Morgan fingerprint density at radius 3 is 3.00 bits per heavy atom. The van der Waals surface area contributed by atoms with Crippen molar-refractivity contribution >= 4 is 21.6 Å². The number of rotatable bonds is 4. The molecule has 0 saturated carbocycles. The van der Waals surface area contributed by atoms with Crippen LogP contribution in [0.3, 0.4) is 0 Å². The highest BCUT2D eigenvalue weighted by molar-refractivity contribution is 9.10. The fourth-order valence-corrected chi connectivity index (χ4v) is 1.91. The smallest absolute Gasteiger partial charge is 0.135 e. The highest BCUT2D eigenvalue weighted by Gasteiger charge is 2.04. The van der Waals surface area contributed by atoms with Gasteiger partial charge in [-0.25, -0.2) is 4.98 Å². The average molecular weight is 296 g/mol. The number of aromatic nitrogens is 2. The molecule has 0 fully saturated rings. The van der Waals surface area contributed by atoms with E-state index in [9.17, 15) is 0 Å². The largest absolute Gasteiger partial charge is 0.490 e. The molecule has 0 aliphatic rings. The standard InChI is InChI=1S/C12H14BrN3O/c1-9-15-5-6-16(9)7-8-17-11-4-2-3-10(14)12(11)13/h2-6H,7-8,14H2,1H3. The molecule has 0 amide bonds. The van der Waals surface area contributed by atoms with Crippen LogP contribution >= 0.6 is 15.9 Å². The lowest BCUT2D eigenvalue weighted by atomic mass is 10.3. The molecule has 0 aliphatic carbocycles. The number of nitrogens with zero attached hydrogens (tertiary/aromatic N) is 2. The van der Waals surface area contributed by atoms with E-state index in [-0.39, 0.29) is 0 Å². The maximum atomic E-state index is 5.77. The highest BCUT2D eigenvalue weighted by atomic mass is 79.9. The maximum Gasteiger partial charge on any atom is 0.135 e. The monoisotopic (exact) mass is 295 g/mol. The summed E-state index contributed by atoms with van der Waals surface area (Å²) in [5.41, 5.74) is 6.45. The lowest BCUT2D eigenvalue weighted by Crippen LogP contribution is -2.09. The molecule has 1 aromatic carbocycles. The number of imidazole rings is 1. The molecule has 2 N–H and O–H groups in total.